The Labute approximate surface area is 203 Å². The van der Waals surface area contributed by atoms with Gasteiger partial charge in [-0.2, -0.15) is 14.9 Å². The molecule has 0 saturated carbocycles. The lowest BCUT2D eigenvalue weighted by molar-refractivity contribution is -0.116. The Morgan fingerprint density at radius 3 is 2.66 bits per heavy atom. The standard InChI is InChI=1S/C26H26N6O3/c1-15(2)35-19-10-8-17(9-11-19)21-13-23(33)29-25-24(21)16(3)31-32(25)26-28-22(14-27-30-26)18-6-5-7-20(12-18)34-4/h5-12,14-15,21H,13H2,1-4H3,(H,29,33). The number of hydrogen-bond donors (Lipinski definition) is 1. The Morgan fingerprint density at radius 2 is 1.91 bits per heavy atom. The van der Waals surface area contributed by atoms with E-state index in [1.165, 1.54) is 0 Å². The molecule has 0 aliphatic carbocycles. The third-order valence-corrected chi connectivity index (χ3v) is 5.86. The first-order valence-electron chi connectivity index (χ1n) is 11.4. The SMILES string of the molecule is COc1cccc(-c2cnnc(-n3nc(C)c4c3NC(=O)CC4c3ccc(OC(C)C)cc3)n2)c1. The molecule has 35 heavy (non-hydrogen) atoms. The van der Waals surface area contributed by atoms with E-state index in [0.29, 0.717) is 17.9 Å². The minimum absolute atomic E-state index is 0.0923. The summed E-state index contributed by atoms with van der Waals surface area (Å²) in [7, 11) is 1.62. The minimum atomic E-state index is -0.143. The molecule has 178 valence electrons. The second kappa shape index (κ2) is 9.17. The van der Waals surface area contributed by atoms with Crippen LogP contribution in [-0.4, -0.2) is 44.1 Å². The molecule has 3 heterocycles. The fourth-order valence-electron chi connectivity index (χ4n) is 4.33. The lowest BCUT2D eigenvalue weighted by Gasteiger charge is -2.24. The predicted octanol–water partition coefficient (Wildman–Crippen LogP) is 4.30. The molecule has 1 aliphatic rings. The molecular formula is C26H26N6O3. The highest BCUT2D eigenvalue weighted by molar-refractivity contribution is 5.95. The van der Waals surface area contributed by atoms with E-state index in [4.69, 9.17) is 9.47 Å². The molecule has 9 heteroatoms. The van der Waals surface area contributed by atoms with Gasteiger partial charge in [0.25, 0.3) is 5.95 Å². The zero-order chi connectivity index (χ0) is 24.5. The number of anilines is 1. The molecule has 0 saturated heterocycles. The molecule has 1 N–H and O–H groups in total. The van der Waals surface area contributed by atoms with Crippen molar-refractivity contribution in [1.82, 2.24) is 25.0 Å². The third kappa shape index (κ3) is 4.44. The Morgan fingerprint density at radius 1 is 1.11 bits per heavy atom. The summed E-state index contributed by atoms with van der Waals surface area (Å²) in [5.74, 6) is 2.12. The van der Waals surface area contributed by atoms with E-state index in [9.17, 15) is 4.79 Å². The number of hydrogen-bond acceptors (Lipinski definition) is 7. The normalized spacial score (nSPS) is 15.0. The van der Waals surface area contributed by atoms with Crippen LogP contribution in [0.1, 0.15) is 43.0 Å². The van der Waals surface area contributed by atoms with Crippen LogP contribution in [0.4, 0.5) is 5.82 Å². The lowest BCUT2D eigenvalue weighted by Crippen LogP contribution is -2.25. The van der Waals surface area contributed by atoms with Gasteiger partial charge < -0.3 is 14.8 Å². The van der Waals surface area contributed by atoms with Gasteiger partial charge in [0, 0.05) is 23.5 Å². The van der Waals surface area contributed by atoms with E-state index in [0.717, 1.165) is 33.9 Å². The van der Waals surface area contributed by atoms with Crippen molar-refractivity contribution in [2.45, 2.75) is 39.2 Å². The van der Waals surface area contributed by atoms with Crippen LogP contribution < -0.4 is 14.8 Å². The summed E-state index contributed by atoms with van der Waals surface area (Å²) in [6.45, 7) is 5.91. The van der Waals surface area contributed by atoms with Crippen molar-refractivity contribution >= 4 is 11.7 Å². The number of nitrogens with one attached hydrogen (secondary N) is 1. The highest BCUT2D eigenvalue weighted by Gasteiger charge is 2.33. The molecule has 5 rings (SSSR count). The summed E-state index contributed by atoms with van der Waals surface area (Å²) in [6.07, 6.45) is 2.01. The van der Waals surface area contributed by atoms with Gasteiger partial charge in [0.1, 0.15) is 17.3 Å². The third-order valence-electron chi connectivity index (χ3n) is 5.86. The lowest BCUT2D eigenvalue weighted by atomic mass is 9.86. The summed E-state index contributed by atoms with van der Waals surface area (Å²) in [4.78, 5) is 17.4. The first kappa shape index (κ1) is 22.5. The van der Waals surface area contributed by atoms with Gasteiger partial charge in [0.15, 0.2) is 0 Å². The Bertz CT molecular complexity index is 1380. The van der Waals surface area contributed by atoms with Crippen LogP contribution in [-0.2, 0) is 4.79 Å². The number of benzene rings is 2. The Hall–Kier alpha value is -4.27. The van der Waals surface area contributed by atoms with E-state index >= 15 is 0 Å². The monoisotopic (exact) mass is 470 g/mol. The van der Waals surface area contributed by atoms with Crippen molar-refractivity contribution in [3.63, 3.8) is 0 Å². The molecule has 0 radical (unpaired) electrons. The van der Waals surface area contributed by atoms with Crippen LogP contribution in [0.5, 0.6) is 11.5 Å². The molecule has 2 aromatic heterocycles. The maximum absolute atomic E-state index is 12.7. The van der Waals surface area contributed by atoms with Crippen molar-refractivity contribution < 1.29 is 14.3 Å². The summed E-state index contributed by atoms with van der Waals surface area (Å²) in [5.41, 5.74) is 4.21. The number of ether oxygens (including phenoxy) is 2. The quantitative estimate of drug-likeness (QED) is 0.448. The highest BCUT2D eigenvalue weighted by atomic mass is 16.5. The molecule has 0 bridgehead atoms. The number of rotatable bonds is 6. The van der Waals surface area contributed by atoms with Crippen LogP contribution in [0.25, 0.3) is 17.2 Å². The number of aromatic nitrogens is 5. The van der Waals surface area contributed by atoms with Crippen molar-refractivity contribution in [3.8, 4) is 28.7 Å². The van der Waals surface area contributed by atoms with E-state index in [1.807, 2.05) is 69.3 Å². The molecule has 4 aromatic rings. The molecule has 0 spiro atoms. The average molecular weight is 471 g/mol. The number of aryl methyl sites for hydroxylation is 1. The Kier molecular flexibility index (Phi) is 5.90. The van der Waals surface area contributed by atoms with Crippen molar-refractivity contribution in [2.24, 2.45) is 0 Å². The second-order valence-electron chi connectivity index (χ2n) is 8.67. The molecule has 2 aromatic carbocycles. The molecule has 1 aliphatic heterocycles. The zero-order valence-electron chi connectivity index (χ0n) is 20.0. The maximum Gasteiger partial charge on any atom is 0.272 e. The van der Waals surface area contributed by atoms with Crippen molar-refractivity contribution in [2.75, 3.05) is 12.4 Å². The Balaban J connectivity index is 1.54. The van der Waals surface area contributed by atoms with Crippen LogP contribution in [0.3, 0.4) is 0 Å². The van der Waals surface area contributed by atoms with Crippen LogP contribution in [0, 0.1) is 6.92 Å². The number of fused-ring (bicyclic) bond motifs is 1. The fraction of sp³-hybridized carbons (Fsp3) is 0.269. The van der Waals surface area contributed by atoms with Gasteiger partial charge in [-0.25, -0.2) is 4.98 Å². The summed E-state index contributed by atoms with van der Waals surface area (Å²) >= 11 is 0. The molecule has 1 amide bonds. The molecule has 1 unspecified atom stereocenters. The average Bonchev–Trinajstić information content (AvgIpc) is 3.20. The molecular weight excluding hydrogens is 444 g/mol. The van der Waals surface area contributed by atoms with Crippen molar-refractivity contribution in [1.29, 1.82) is 0 Å². The van der Waals surface area contributed by atoms with E-state index in [-0.39, 0.29) is 23.9 Å². The predicted molar refractivity (Wildman–Crippen MR) is 131 cm³/mol. The van der Waals surface area contributed by atoms with E-state index in [2.05, 4.69) is 25.6 Å². The van der Waals surface area contributed by atoms with E-state index < -0.39 is 0 Å². The number of nitrogens with zero attached hydrogens (tertiary/aromatic N) is 5. The summed E-state index contributed by atoms with van der Waals surface area (Å²) in [5, 5.41) is 16.0. The topological polar surface area (TPSA) is 104 Å². The number of amides is 1. The van der Waals surface area contributed by atoms with Gasteiger partial charge in [-0.15, -0.1) is 5.10 Å². The zero-order valence-corrected chi connectivity index (χ0v) is 20.0. The number of methoxy groups -OCH3 is 1. The smallest absolute Gasteiger partial charge is 0.272 e. The highest BCUT2D eigenvalue weighted by Crippen LogP contribution is 2.40. The van der Waals surface area contributed by atoms with Crippen LogP contribution in [0.15, 0.2) is 54.7 Å². The van der Waals surface area contributed by atoms with Gasteiger partial charge in [-0.1, -0.05) is 24.3 Å². The van der Waals surface area contributed by atoms with Crippen LogP contribution >= 0.6 is 0 Å². The maximum atomic E-state index is 12.7. The second-order valence-corrected chi connectivity index (χ2v) is 8.67. The number of carbonyl (C=O) groups is 1. The van der Waals surface area contributed by atoms with Gasteiger partial charge in [-0.05, 0) is 50.6 Å². The van der Waals surface area contributed by atoms with Gasteiger partial charge in [0.2, 0.25) is 5.91 Å². The molecule has 0 fully saturated rings. The van der Waals surface area contributed by atoms with Gasteiger partial charge in [0.05, 0.1) is 30.8 Å². The van der Waals surface area contributed by atoms with Gasteiger partial charge >= 0.3 is 0 Å². The first-order valence-corrected chi connectivity index (χ1v) is 11.4. The van der Waals surface area contributed by atoms with Gasteiger partial charge in [-0.3, -0.25) is 4.79 Å². The first-order chi connectivity index (χ1) is 16.9. The largest absolute Gasteiger partial charge is 0.497 e. The fourth-order valence-corrected chi connectivity index (χ4v) is 4.33. The number of carbonyl (C=O) groups excluding carboxylic acids is 1. The molecule has 1 atom stereocenters. The van der Waals surface area contributed by atoms with Crippen LogP contribution in [0.2, 0.25) is 0 Å². The summed E-state index contributed by atoms with van der Waals surface area (Å²) < 4.78 is 12.6. The summed E-state index contributed by atoms with van der Waals surface area (Å²) in [6, 6.07) is 15.4. The van der Waals surface area contributed by atoms with Crippen molar-refractivity contribution in [3.05, 3.63) is 71.5 Å². The van der Waals surface area contributed by atoms with E-state index in [1.54, 1.807) is 18.0 Å². The molecule has 9 nitrogen and oxygen atoms in total. The minimum Gasteiger partial charge on any atom is -0.497 e.